The Bertz CT molecular complexity index is 1680. The lowest BCUT2D eigenvalue weighted by Crippen LogP contribution is -2.18. The van der Waals surface area contributed by atoms with Gasteiger partial charge in [-0.1, -0.05) is 98.1 Å². The number of ether oxygens (including phenoxy) is 4. The van der Waals surface area contributed by atoms with Crippen LogP contribution < -0.4 is 9.47 Å². The van der Waals surface area contributed by atoms with Crippen LogP contribution in [0.25, 0.3) is 10.8 Å². The molecule has 4 aromatic rings. The van der Waals surface area contributed by atoms with E-state index in [4.69, 9.17) is 18.9 Å². The van der Waals surface area contributed by atoms with Crippen molar-refractivity contribution in [2.24, 2.45) is 0 Å². The third kappa shape index (κ3) is 7.42. The lowest BCUT2D eigenvalue weighted by Gasteiger charge is -2.22. The second-order valence-electron chi connectivity index (χ2n) is 8.93. The summed E-state index contributed by atoms with van der Waals surface area (Å²) in [5, 5.41) is 0.768. The van der Waals surface area contributed by atoms with Gasteiger partial charge in [-0.25, -0.2) is 9.59 Å². The van der Waals surface area contributed by atoms with Crippen LogP contribution in [0.4, 0.5) is 0 Å². The minimum atomic E-state index is -4.83. The summed E-state index contributed by atoms with van der Waals surface area (Å²) in [7, 11) is -4.83. The maximum atomic E-state index is 12.6. The van der Waals surface area contributed by atoms with Gasteiger partial charge in [0.2, 0.25) is 0 Å². The van der Waals surface area contributed by atoms with Gasteiger partial charge in [-0.15, -0.1) is 0 Å². The lowest BCUT2D eigenvalue weighted by atomic mass is 10.1. The first-order chi connectivity index (χ1) is 20.2. The van der Waals surface area contributed by atoms with Gasteiger partial charge in [-0.2, -0.15) is 8.42 Å². The Balaban J connectivity index is 1.72. The number of hydrogen-bond donors (Lipinski definition) is 1. The maximum Gasteiger partial charge on any atom is 0.330 e. The Labute approximate surface area is 243 Å². The maximum absolute atomic E-state index is 12.6. The van der Waals surface area contributed by atoms with E-state index in [-0.39, 0.29) is 24.7 Å². The quantitative estimate of drug-likeness (QED) is 0.117. The zero-order valence-electron chi connectivity index (χ0n) is 22.4. The predicted molar refractivity (Wildman–Crippen MR) is 156 cm³/mol. The van der Waals surface area contributed by atoms with Gasteiger partial charge < -0.3 is 18.9 Å². The van der Waals surface area contributed by atoms with E-state index in [1.807, 2.05) is 6.07 Å². The average Bonchev–Trinajstić information content (AvgIpc) is 3.01. The number of rotatable bonds is 13. The van der Waals surface area contributed by atoms with Crippen LogP contribution in [0.3, 0.4) is 0 Å². The molecule has 1 N–H and O–H groups in total. The van der Waals surface area contributed by atoms with E-state index in [2.05, 4.69) is 13.2 Å². The van der Waals surface area contributed by atoms with E-state index >= 15 is 0 Å². The molecule has 9 nitrogen and oxygen atoms in total. The number of esters is 2. The molecule has 0 aliphatic heterocycles. The summed E-state index contributed by atoms with van der Waals surface area (Å²) < 4.78 is 58.2. The highest BCUT2D eigenvalue weighted by molar-refractivity contribution is 7.86. The standard InChI is InChI=1S/C32H28O9S/c1-3-30(33)40-27(22-13-7-5-8-14-22)20-38-26-19-29(42(35,36)37)32(25-18-12-11-17-24(25)26)39-21-28(41-31(34)4-2)23-15-9-6-10-16-23/h3-19,27-28H,1-2,20-21H2,(H,35,36,37). The van der Waals surface area contributed by atoms with Gasteiger partial charge >= 0.3 is 11.9 Å². The monoisotopic (exact) mass is 588 g/mol. The van der Waals surface area contributed by atoms with Crippen molar-refractivity contribution in [2.75, 3.05) is 13.2 Å². The van der Waals surface area contributed by atoms with Crippen molar-refractivity contribution in [1.82, 2.24) is 0 Å². The van der Waals surface area contributed by atoms with Crippen molar-refractivity contribution in [3.05, 3.63) is 127 Å². The van der Waals surface area contributed by atoms with Crippen LogP contribution in [0.1, 0.15) is 23.3 Å². The van der Waals surface area contributed by atoms with Gasteiger partial charge in [0, 0.05) is 29.0 Å². The molecule has 2 unspecified atom stereocenters. The Kier molecular flexibility index (Phi) is 9.74. The summed E-state index contributed by atoms with van der Waals surface area (Å²) in [6.45, 7) is 6.40. The van der Waals surface area contributed by atoms with Crippen molar-refractivity contribution >= 4 is 32.8 Å². The summed E-state index contributed by atoms with van der Waals surface area (Å²) >= 11 is 0. The number of hydrogen-bond acceptors (Lipinski definition) is 8. The highest BCUT2D eigenvalue weighted by Crippen LogP contribution is 2.40. The molecule has 0 fully saturated rings. The zero-order valence-corrected chi connectivity index (χ0v) is 23.2. The smallest absolute Gasteiger partial charge is 0.330 e. The van der Waals surface area contributed by atoms with Crippen LogP contribution in [0, 0.1) is 0 Å². The van der Waals surface area contributed by atoms with Crippen LogP contribution in [0.5, 0.6) is 11.5 Å². The third-order valence-electron chi connectivity index (χ3n) is 6.16. The molecule has 0 aromatic heterocycles. The van der Waals surface area contributed by atoms with Crippen LogP contribution in [0.2, 0.25) is 0 Å². The van der Waals surface area contributed by atoms with E-state index < -0.39 is 39.2 Å². The van der Waals surface area contributed by atoms with Gasteiger partial charge in [0.1, 0.15) is 29.6 Å². The molecule has 0 radical (unpaired) electrons. The Morgan fingerprint density at radius 2 is 1.17 bits per heavy atom. The van der Waals surface area contributed by atoms with Crippen LogP contribution in [-0.4, -0.2) is 38.1 Å². The molecule has 0 saturated heterocycles. The van der Waals surface area contributed by atoms with Crippen molar-refractivity contribution in [1.29, 1.82) is 0 Å². The summed E-state index contributed by atoms with van der Waals surface area (Å²) in [6.07, 6.45) is 0.289. The number of carbonyl (C=O) groups is 2. The molecule has 0 amide bonds. The van der Waals surface area contributed by atoms with E-state index in [1.165, 1.54) is 0 Å². The molecule has 0 saturated carbocycles. The molecule has 2 atom stereocenters. The highest BCUT2D eigenvalue weighted by atomic mass is 32.2. The van der Waals surface area contributed by atoms with Gasteiger partial charge in [0.15, 0.2) is 12.2 Å². The fourth-order valence-electron chi connectivity index (χ4n) is 4.18. The first-order valence-corrected chi connectivity index (χ1v) is 14.2. The van der Waals surface area contributed by atoms with Gasteiger partial charge in [-0.3, -0.25) is 4.55 Å². The Morgan fingerprint density at radius 3 is 1.64 bits per heavy atom. The number of carbonyl (C=O) groups excluding carboxylic acids is 2. The summed E-state index contributed by atoms with van der Waals surface area (Å²) in [6, 6.07) is 25.4. The zero-order chi connectivity index (χ0) is 30.1. The second-order valence-corrected chi connectivity index (χ2v) is 10.3. The molecule has 4 aromatic carbocycles. The third-order valence-corrected chi connectivity index (χ3v) is 7.02. The normalized spacial score (nSPS) is 12.5. The van der Waals surface area contributed by atoms with Crippen molar-refractivity contribution in [3.63, 3.8) is 0 Å². The minimum absolute atomic E-state index is 0.0962. The molecule has 216 valence electrons. The lowest BCUT2D eigenvalue weighted by molar-refractivity contribution is -0.145. The topological polar surface area (TPSA) is 125 Å². The Hall–Kier alpha value is -4.93. The fraction of sp³-hybridized carbons (Fsp3) is 0.125. The second kappa shape index (κ2) is 13.6. The molecule has 0 spiro atoms. The molecule has 0 heterocycles. The summed E-state index contributed by atoms with van der Waals surface area (Å²) in [5.41, 5.74) is 1.25. The average molecular weight is 589 g/mol. The van der Waals surface area contributed by atoms with Crippen molar-refractivity contribution < 1.29 is 41.5 Å². The van der Waals surface area contributed by atoms with E-state index in [0.29, 0.717) is 21.9 Å². The molecule has 0 bridgehead atoms. The SMILES string of the molecule is C=CC(=O)OC(COc1cc(S(=O)(=O)O)c(OCC(OC(=O)C=C)c2ccccc2)c2ccccc12)c1ccccc1. The van der Waals surface area contributed by atoms with Crippen LogP contribution in [-0.2, 0) is 29.2 Å². The number of fused-ring (bicyclic) bond motifs is 1. The molecule has 0 aliphatic rings. The highest BCUT2D eigenvalue weighted by Gasteiger charge is 2.26. The largest absolute Gasteiger partial charge is 0.489 e. The molecular weight excluding hydrogens is 560 g/mol. The van der Waals surface area contributed by atoms with E-state index in [9.17, 15) is 22.6 Å². The van der Waals surface area contributed by atoms with Crippen LogP contribution in [0.15, 0.2) is 121 Å². The van der Waals surface area contributed by atoms with Gasteiger partial charge in [-0.05, 0) is 11.1 Å². The first kappa shape index (κ1) is 30.0. The molecule has 10 heteroatoms. The van der Waals surface area contributed by atoms with Crippen LogP contribution >= 0.6 is 0 Å². The molecule has 0 aliphatic carbocycles. The predicted octanol–water partition coefficient (Wildman–Crippen LogP) is 5.79. The Morgan fingerprint density at radius 1 is 0.714 bits per heavy atom. The number of benzene rings is 4. The van der Waals surface area contributed by atoms with Crippen molar-refractivity contribution in [2.45, 2.75) is 17.1 Å². The first-order valence-electron chi connectivity index (χ1n) is 12.8. The van der Waals surface area contributed by atoms with Gasteiger partial charge in [0.25, 0.3) is 10.1 Å². The summed E-state index contributed by atoms with van der Waals surface area (Å²) in [5.74, 6) is -1.42. The summed E-state index contributed by atoms with van der Waals surface area (Å²) in [4.78, 5) is 23.5. The fourth-order valence-corrected chi connectivity index (χ4v) is 4.84. The van der Waals surface area contributed by atoms with Crippen molar-refractivity contribution in [3.8, 4) is 11.5 Å². The molecule has 42 heavy (non-hydrogen) atoms. The molecule has 4 rings (SSSR count). The molecular formula is C32H28O9S. The minimum Gasteiger partial charge on any atom is -0.489 e. The van der Waals surface area contributed by atoms with E-state index in [1.54, 1.807) is 78.9 Å². The van der Waals surface area contributed by atoms with E-state index in [0.717, 1.165) is 18.2 Å². The van der Waals surface area contributed by atoms with Gasteiger partial charge in [0.05, 0.1) is 0 Å².